The average Bonchev–Trinajstić information content (AvgIpc) is 4.11. The fourth-order valence-electron chi connectivity index (χ4n) is 7.27. The van der Waals surface area contributed by atoms with E-state index in [9.17, 15) is 28.0 Å². The number of fused-ring (bicyclic) bond motifs is 2. The molecule has 9 rings (SSSR count). The molecular formula is C48H40F2N8O4. The standard InChI is InChI=1S/C25H21FN4O2.C23H19FN4O2/c1-15(31)21-23(18-9-11-19(26)12-10-18)29-30(14-16-7-8-16)25(32)24(21)28-20-6-2-4-17-5-3-13-27-22(17)20;1-3-28-23(30)22(19(14(2)29)20(27-28)15-8-5-4-6-9-15)26-18-12-11-17(24)21-16(18)10-7-13-25-21/h2-6,9-13,16,28H,7-8,14H2,1H3;4-13,26H,3H2,1-2H3. The molecule has 62 heavy (non-hydrogen) atoms. The molecule has 0 atom stereocenters. The van der Waals surface area contributed by atoms with Gasteiger partial charge in [-0.15, -0.1) is 0 Å². The molecule has 1 fully saturated rings. The second-order valence-corrected chi connectivity index (χ2v) is 14.9. The molecule has 12 nitrogen and oxygen atoms in total. The largest absolute Gasteiger partial charge is 0.350 e. The molecule has 0 aliphatic heterocycles. The quantitative estimate of drug-likeness (QED) is 0.121. The van der Waals surface area contributed by atoms with Crippen molar-refractivity contribution in [1.82, 2.24) is 29.5 Å². The summed E-state index contributed by atoms with van der Waals surface area (Å²) in [6.45, 7) is 5.42. The van der Waals surface area contributed by atoms with Crippen molar-refractivity contribution in [2.24, 2.45) is 5.92 Å². The molecule has 310 valence electrons. The molecule has 8 aromatic rings. The predicted molar refractivity (Wildman–Crippen MR) is 236 cm³/mol. The van der Waals surface area contributed by atoms with Gasteiger partial charge in [-0.05, 0) is 100 Å². The summed E-state index contributed by atoms with van der Waals surface area (Å²) in [4.78, 5) is 60.5. The van der Waals surface area contributed by atoms with Crippen molar-refractivity contribution < 1.29 is 18.4 Å². The lowest BCUT2D eigenvalue weighted by atomic mass is 10.0. The van der Waals surface area contributed by atoms with E-state index in [0.717, 1.165) is 23.8 Å². The number of halogens is 2. The van der Waals surface area contributed by atoms with Gasteiger partial charge in [0.1, 0.15) is 39.9 Å². The highest BCUT2D eigenvalue weighted by molar-refractivity contribution is 6.07. The monoisotopic (exact) mass is 830 g/mol. The van der Waals surface area contributed by atoms with Crippen LogP contribution in [-0.4, -0.2) is 41.1 Å². The molecule has 4 aromatic heterocycles. The third-order valence-corrected chi connectivity index (χ3v) is 10.5. The predicted octanol–water partition coefficient (Wildman–Crippen LogP) is 9.52. The van der Waals surface area contributed by atoms with Crippen LogP contribution in [0.4, 0.5) is 31.5 Å². The zero-order valence-electron chi connectivity index (χ0n) is 34.0. The molecule has 1 saturated carbocycles. The maximum atomic E-state index is 14.2. The smallest absolute Gasteiger partial charge is 0.291 e. The van der Waals surface area contributed by atoms with Crippen LogP contribution in [0.25, 0.3) is 44.3 Å². The summed E-state index contributed by atoms with van der Waals surface area (Å²) in [7, 11) is 0. The van der Waals surface area contributed by atoms with E-state index >= 15 is 0 Å². The van der Waals surface area contributed by atoms with Crippen LogP contribution >= 0.6 is 0 Å². The molecule has 0 unspecified atom stereocenters. The Kier molecular flexibility index (Phi) is 11.6. The van der Waals surface area contributed by atoms with Crippen LogP contribution in [0.5, 0.6) is 0 Å². The average molecular weight is 831 g/mol. The molecule has 0 saturated heterocycles. The zero-order valence-corrected chi connectivity index (χ0v) is 34.0. The molecule has 0 amide bonds. The number of aromatic nitrogens is 6. The summed E-state index contributed by atoms with van der Waals surface area (Å²) in [5.41, 5.74) is 3.88. The van der Waals surface area contributed by atoms with Crippen LogP contribution < -0.4 is 21.8 Å². The van der Waals surface area contributed by atoms with Crippen LogP contribution in [0.1, 0.15) is 54.3 Å². The van der Waals surface area contributed by atoms with E-state index in [4.69, 9.17) is 0 Å². The number of hydrogen-bond donors (Lipinski definition) is 2. The van der Waals surface area contributed by atoms with Crippen LogP contribution in [0.2, 0.25) is 0 Å². The summed E-state index contributed by atoms with van der Waals surface area (Å²) in [6, 6.07) is 30.6. The Bertz CT molecular complexity index is 3130. The van der Waals surface area contributed by atoms with Gasteiger partial charge in [-0.2, -0.15) is 10.2 Å². The Morgan fingerprint density at radius 2 is 1.23 bits per heavy atom. The SMILES string of the molecule is CC(=O)c1c(-c2ccc(F)cc2)nn(CC2CC2)c(=O)c1Nc1cccc2cccnc12.CCn1nc(-c2ccccc2)c(C(C)=O)c(Nc2ccc(F)c3ncccc23)c1=O. The molecule has 4 aromatic carbocycles. The van der Waals surface area contributed by atoms with Crippen molar-refractivity contribution in [3.8, 4) is 22.5 Å². The Labute approximate surface area is 353 Å². The number of carbonyl (C=O) groups is 2. The number of nitrogens with zero attached hydrogens (tertiary/aromatic N) is 6. The van der Waals surface area contributed by atoms with E-state index in [0.29, 0.717) is 58.2 Å². The normalized spacial score (nSPS) is 12.1. The van der Waals surface area contributed by atoms with E-state index in [2.05, 4.69) is 30.8 Å². The van der Waals surface area contributed by atoms with Gasteiger partial charge in [0.2, 0.25) is 0 Å². The third kappa shape index (κ3) is 8.35. The third-order valence-electron chi connectivity index (χ3n) is 10.5. The number of hydrogen-bond acceptors (Lipinski definition) is 10. The molecule has 1 aliphatic carbocycles. The van der Waals surface area contributed by atoms with Crippen LogP contribution in [0, 0.1) is 17.6 Å². The number of Topliss-reactive ketones (excluding diaryl/α,β-unsaturated/α-hetero) is 2. The molecule has 2 N–H and O–H groups in total. The fraction of sp³-hybridized carbons (Fsp3) is 0.167. The number of aryl methyl sites for hydroxylation is 1. The van der Waals surface area contributed by atoms with Gasteiger partial charge in [-0.3, -0.25) is 29.1 Å². The van der Waals surface area contributed by atoms with Gasteiger partial charge in [0.25, 0.3) is 11.1 Å². The topological polar surface area (TPSA) is 154 Å². The number of ketones is 2. The van der Waals surface area contributed by atoms with Gasteiger partial charge in [0.15, 0.2) is 11.6 Å². The van der Waals surface area contributed by atoms with Gasteiger partial charge >= 0.3 is 0 Å². The molecule has 4 heterocycles. The number of rotatable bonds is 11. The molecular weight excluding hydrogens is 791 g/mol. The second kappa shape index (κ2) is 17.5. The van der Waals surface area contributed by atoms with Crippen molar-refractivity contribution in [3.63, 3.8) is 0 Å². The summed E-state index contributed by atoms with van der Waals surface area (Å²) in [6.07, 6.45) is 5.27. The Morgan fingerprint density at radius 3 is 1.87 bits per heavy atom. The van der Waals surface area contributed by atoms with Gasteiger partial charge < -0.3 is 10.6 Å². The number of pyridine rings is 2. The molecule has 14 heteroatoms. The minimum Gasteiger partial charge on any atom is -0.350 e. The van der Waals surface area contributed by atoms with Crippen molar-refractivity contribution in [2.45, 2.75) is 46.7 Å². The first-order valence-corrected chi connectivity index (χ1v) is 20.1. The van der Waals surface area contributed by atoms with Crippen molar-refractivity contribution in [3.05, 3.63) is 165 Å². The van der Waals surface area contributed by atoms with Crippen molar-refractivity contribution >= 4 is 56.1 Å². The molecule has 0 bridgehead atoms. The Morgan fingerprint density at radius 1 is 0.645 bits per heavy atom. The Balaban J connectivity index is 0.000000171. The van der Waals surface area contributed by atoms with Gasteiger partial charge in [-0.1, -0.05) is 48.5 Å². The van der Waals surface area contributed by atoms with Crippen molar-refractivity contribution in [2.75, 3.05) is 10.6 Å². The number of para-hydroxylation sites is 1. The van der Waals surface area contributed by atoms with Crippen LogP contribution in [0.3, 0.4) is 0 Å². The first kappa shape index (κ1) is 41.0. The summed E-state index contributed by atoms with van der Waals surface area (Å²) in [5, 5.41) is 16.7. The first-order chi connectivity index (χ1) is 30.0. The van der Waals surface area contributed by atoms with E-state index in [-0.39, 0.29) is 51.0 Å². The highest BCUT2D eigenvalue weighted by Gasteiger charge is 2.28. The van der Waals surface area contributed by atoms with E-state index in [1.807, 2.05) is 60.7 Å². The second-order valence-electron chi connectivity index (χ2n) is 14.9. The van der Waals surface area contributed by atoms with Crippen molar-refractivity contribution in [1.29, 1.82) is 0 Å². The van der Waals surface area contributed by atoms with Gasteiger partial charge in [0.05, 0.1) is 22.3 Å². The van der Waals surface area contributed by atoms with Gasteiger partial charge in [0, 0.05) is 53.1 Å². The van der Waals surface area contributed by atoms with Crippen LogP contribution in [-0.2, 0) is 13.1 Å². The fourth-order valence-corrected chi connectivity index (χ4v) is 7.27. The zero-order chi connectivity index (χ0) is 43.5. The lowest BCUT2D eigenvalue weighted by Crippen LogP contribution is -2.29. The summed E-state index contributed by atoms with van der Waals surface area (Å²) in [5.74, 6) is -1.05. The lowest BCUT2D eigenvalue weighted by molar-refractivity contribution is 0.101. The van der Waals surface area contributed by atoms with Crippen LogP contribution in [0.15, 0.2) is 131 Å². The van der Waals surface area contributed by atoms with E-state index in [1.54, 1.807) is 37.4 Å². The maximum absolute atomic E-state index is 14.2. The highest BCUT2D eigenvalue weighted by atomic mass is 19.1. The maximum Gasteiger partial charge on any atom is 0.291 e. The number of anilines is 4. The van der Waals surface area contributed by atoms with Gasteiger partial charge in [-0.25, -0.2) is 18.1 Å². The molecule has 1 aliphatic rings. The summed E-state index contributed by atoms with van der Waals surface area (Å²) >= 11 is 0. The number of nitrogens with one attached hydrogen (secondary N) is 2. The molecule has 0 radical (unpaired) electrons. The minimum atomic E-state index is -0.464. The molecule has 0 spiro atoms. The van der Waals surface area contributed by atoms with E-state index in [1.165, 1.54) is 53.7 Å². The lowest BCUT2D eigenvalue weighted by Gasteiger charge is -2.17. The first-order valence-electron chi connectivity index (χ1n) is 20.1. The highest BCUT2D eigenvalue weighted by Crippen LogP contribution is 2.34. The number of benzene rings is 4. The summed E-state index contributed by atoms with van der Waals surface area (Å²) < 4.78 is 30.4. The Hall–Kier alpha value is -7.74. The number of carbonyl (C=O) groups excluding carboxylic acids is 2. The minimum absolute atomic E-state index is 0.106. The van der Waals surface area contributed by atoms with E-state index < -0.39 is 11.4 Å².